The van der Waals surface area contributed by atoms with Gasteiger partial charge in [-0.2, -0.15) is 0 Å². The zero-order valence-corrected chi connectivity index (χ0v) is 13.5. The molecule has 1 aliphatic carbocycles. The van der Waals surface area contributed by atoms with Crippen molar-refractivity contribution in [3.63, 3.8) is 0 Å². The zero-order chi connectivity index (χ0) is 13.8. The molecule has 1 N–H and O–H groups in total. The number of anilines is 1. The fourth-order valence-electron chi connectivity index (χ4n) is 2.92. The third kappa shape index (κ3) is 3.73. The fraction of sp³-hybridized carbons (Fsp3) is 0.625. The van der Waals surface area contributed by atoms with Crippen LogP contribution < -0.4 is 4.90 Å². The van der Waals surface area contributed by atoms with Gasteiger partial charge >= 0.3 is 0 Å². The molecule has 1 saturated carbocycles. The van der Waals surface area contributed by atoms with Crippen LogP contribution in [0.15, 0.2) is 22.7 Å². The van der Waals surface area contributed by atoms with Gasteiger partial charge in [-0.25, -0.2) is 0 Å². The third-order valence-electron chi connectivity index (χ3n) is 3.87. The summed E-state index contributed by atoms with van der Waals surface area (Å²) in [6, 6.07) is 7.03. The van der Waals surface area contributed by atoms with Gasteiger partial charge in [0.1, 0.15) is 0 Å². The van der Waals surface area contributed by atoms with Crippen molar-refractivity contribution in [3.8, 4) is 0 Å². The second-order valence-electron chi connectivity index (χ2n) is 5.92. The highest BCUT2D eigenvalue weighted by molar-refractivity contribution is 9.10. The molecule has 0 aromatic heterocycles. The number of rotatable bonds is 5. The van der Waals surface area contributed by atoms with Gasteiger partial charge in [0.05, 0.1) is 6.61 Å². The van der Waals surface area contributed by atoms with Crippen molar-refractivity contribution >= 4 is 21.6 Å². The number of nitrogens with zero attached hydrogens (tertiary/aromatic N) is 1. The number of halogens is 1. The van der Waals surface area contributed by atoms with Crippen molar-refractivity contribution < 1.29 is 5.11 Å². The van der Waals surface area contributed by atoms with Gasteiger partial charge in [0.25, 0.3) is 0 Å². The van der Waals surface area contributed by atoms with Crippen LogP contribution in [0, 0.1) is 5.92 Å². The van der Waals surface area contributed by atoms with Gasteiger partial charge in [-0.05, 0) is 36.5 Å². The van der Waals surface area contributed by atoms with Gasteiger partial charge in [0, 0.05) is 22.7 Å². The Balaban J connectivity index is 2.23. The van der Waals surface area contributed by atoms with E-state index in [1.54, 1.807) is 0 Å². The van der Waals surface area contributed by atoms with E-state index in [1.165, 1.54) is 31.4 Å². The Hall–Kier alpha value is -0.540. The summed E-state index contributed by atoms with van der Waals surface area (Å²) in [5.74, 6) is 0.664. The lowest BCUT2D eigenvalue weighted by Gasteiger charge is -2.33. The molecule has 0 spiro atoms. The standard InChI is InChI=1S/C16H24BrNO/c1-12(2)10-18(14-5-3-4-6-14)15-8-7-13(11-19)16(17)9-15/h7-9,12,14,19H,3-6,10-11H2,1-2H3. The Labute approximate surface area is 124 Å². The first-order valence-corrected chi connectivity index (χ1v) is 8.07. The van der Waals surface area contributed by atoms with Crippen molar-refractivity contribution in [1.29, 1.82) is 0 Å². The van der Waals surface area contributed by atoms with Gasteiger partial charge in [-0.15, -0.1) is 0 Å². The van der Waals surface area contributed by atoms with Crippen molar-refractivity contribution in [2.75, 3.05) is 11.4 Å². The quantitative estimate of drug-likeness (QED) is 0.870. The predicted molar refractivity (Wildman–Crippen MR) is 84.5 cm³/mol. The van der Waals surface area contributed by atoms with E-state index in [2.05, 4.69) is 46.8 Å². The summed E-state index contributed by atoms with van der Waals surface area (Å²) in [4.78, 5) is 2.56. The molecule has 1 aliphatic rings. The number of hydrogen-bond donors (Lipinski definition) is 1. The number of hydrogen-bond acceptors (Lipinski definition) is 2. The van der Waals surface area contributed by atoms with Crippen LogP contribution >= 0.6 is 15.9 Å². The van der Waals surface area contributed by atoms with Gasteiger partial charge in [-0.3, -0.25) is 0 Å². The smallest absolute Gasteiger partial charge is 0.0692 e. The van der Waals surface area contributed by atoms with Crippen molar-refractivity contribution in [1.82, 2.24) is 0 Å². The van der Waals surface area contributed by atoms with Crippen molar-refractivity contribution in [2.45, 2.75) is 52.2 Å². The Morgan fingerprint density at radius 2 is 2.00 bits per heavy atom. The molecular weight excluding hydrogens is 302 g/mol. The van der Waals surface area contributed by atoms with Crippen LogP contribution in [-0.2, 0) is 6.61 Å². The van der Waals surface area contributed by atoms with Crippen LogP contribution in [-0.4, -0.2) is 17.7 Å². The molecule has 0 atom stereocenters. The summed E-state index contributed by atoms with van der Waals surface area (Å²) < 4.78 is 1.01. The minimum Gasteiger partial charge on any atom is -0.392 e. The average Bonchev–Trinajstić information content (AvgIpc) is 2.89. The molecule has 19 heavy (non-hydrogen) atoms. The van der Waals surface area contributed by atoms with E-state index in [4.69, 9.17) is 0 Å². The minimum absolute atomic E-state index is 0.0917. The highest BCUT2D eigenvalue weighted by atomic mass is 79.9. The maximum Gasteiger partial charge on any atom is 0.0692 e. The molecule has 1 aromatic rings. The third-order valence-corrected chi connectivity index (χ3v) is 4.60. The summed E-state index contributed by atoms with van der Waals surface area (Å²) in [6.45, 7) is 5.75. The predicted octanol–water partition coefficient (Wildman–Crippen LogP) is 4.35. The molecule has 2 rings (SSSR count). The van der Waals surface area contributed by atoms with E-state index in [-0.39, 0.29) is 6.61 Å². The maximum absolute atomic E-state index is 9.26. The Morgan fingerprint density at radius 3 is 2.53 bits per heavy atom. The largest absolute Gasteiger partial charge is 0.392 e. The Bertz CT molecular complexity index is 413. The zero-order valence-electron chi connectivity index (χ0n) is 11.9. The Kier molecular flexibility index (Phi) is 5.28. The summed E-state index contributed by atoms with van der Waals surface area (Å²) in [7, 11) is 0. The molecule has 0 amide bonds. The molecule has 1 fully saturated rings. The lowest BCUT2D eigenvalue weighted by Crippen LogP contribution is -2.36. The van der Waals surface area contributed by atoms with E-state index in [1.807, 2.05) is 6.07 Å². The highest BCUT2D eigenvalue weighted by Crippen LogP contribution is 2.31. The maximum atomic E-state index is 9.26. The molecule has 0 radical (unpaired) electrons. The Morgan fingerprint density at radius 1 is 1.32 bits per heavy atom. The number of aliphatic hydroxyl groups is 1. The van der Waals surface area contributed by atoms with Crippen LogP contribution in [0.4, 0.5) is 5.69 Å². The molecule has 0 heterocycles. The molecule has 1 aromatic carbocycles. The molecule has 0 unspecified atom stereocenters. The van der Waals surface area contributed by atoms with E-state index in [0.717, 1.165) is 16.6 Å². The van der Waals surface area contributed by atoms with Crippen molar-refractivity contribution in [3.05, 3.63) is 28.2 Å². The van der Waals surface area contributed by atoms with Gasteiger partial charge in [-0.1, -0.05) is 48.7 Å². The fourth-order valence-corrected chi connectivity index (χ4v) is 3.41. The van der Waals surface area contributed by atoms with Crippen LogP contribution in [0.3, 0.4) is 0 Å². The molecule has 106 valence electrons. The van der Waals surface area contributed by atoms with Crippen LogP contribution in [0.5, 0.6) is 0 Å². The van der Waals surface area contributed by atoms with E-state index in [9.17, 15) is 5.11 Å². The molecule has 2 nitrogen and oxygen atoms in total. The first-order chi connectivity index (χ1) is 9.11. The van der Waals surface area contributed by atoms with Crippen molar-refractivity contribution in [2.24, 2.45) is 5.92 Å². The lowest BCUT2D eigenvalue weighted by molar-refractivity contribution is 0.281. The number of benzene rings is 1. The monoisotopic (exact) mass is 325 g/mol. The normalized spacial score (nSPS) is 16.3. The lowest BCUT2D eigenvalue weighted by atomic mass is 10.1. The first kappa shape index (κ1) is 14.9. The molecule has 0 aliphatic heterocycles. The highest BCUT2D eigenvalue weighted by Gasteiger charge is 2.23. The SMILES string of the molecule is CC(C)CN(c1ccc(CO)c(Br)c1)C1CCCC1. The second kappa shape index (κ2) is 6.76. The summed E-state index contributed by atoms with van der Waals surface area (Å²) >= 11 is 3.56. The van der Waals surface area contributed by atoms with Gasteiger partial charge < -0.3 is 10.0 Å². The first-order valence-electron chi connectivity index (χ1n) is 7.27. The van der Waals surface area contributed by atoms with E-state index >= 15 is 0 Å². The second-order valence-corrected chi connectivity index (χ2v) is 6.77. The van der Waals surface area contributed by atoms with E-state index in [0.29, 0.717) is 12.0 Å². The topological polar surface area (TPSA) is 23.5 Å². The average molecular weight is 326 g/mol. The molecular formula is C16H24BrNO. The van der Waals surface area contributed by atoms with Gasteiger partial charge in [0.15, 0.2) is 0 Å². The molecule has 0 saturated heterocycles. The summed E-state index contributed by atoms with van der Waals surface area (Å²) in [5, 5.41) is 9.26. The minimum atomic E-state index is 0.0917. The summed E-state index contributed by atoms with van der Waals surface area (Å²) in [6.07, 6.45) is 5.34. The van der Waals surface area contributed by atoms with Crippen LogP contribution in [0.25, 0.3) is 0 Å². The molecule has 3 heteroatoms. The molecule has 0 bridgehead atoms. The van der Waals surface area contributed by atoms with Crippen LogP contribution in [0.2, 0.25) is 0 Å². The number of aliphatic hydroxyl groups excluding tert-OH is 1. The van der Waals surface area contributed by atoms with Crippen LogP contribution in [0.1, 0.15) is 45.1 Å². The summed E-state index contributed by atoms with van der Waals surface area (Å²) in [5.41, 5.74) is 2.24. The van der Waals surface area contributed by atoms with E-state index < -0.39 is 0 Å². The van der Waals surface area contributed by atoms with Gasteiger partial charge in [0.2, 0.25) is 0 Å².